The Hall–Kier alpha value is -4.36. The van der Waals surface area contributed by atoms with Crippen molar-refractivity contribution in [1.29, 1.82) is 0 Å². The second kappa shape index (κ2) is 8.60. The Morgan fingerprint density at radius 1 is 1.00 bits per heavy atom. The monoisotopic (exact) mass is 531 g/mol. The van der Waals surface area contributed by atoms with E-state index in [9.17, 15) is 22.0 Å². The molecule has 1 aliphatic rings. The minimum absolute atomic E-state index is 0.00529. The van der Waals surface area contributed by atoms with Crippen LogP contribution in [0.3, 0.4) is 0 Å². The lowest BCUT2D eigenvalue weighted by atomic mass is 10.0. The highest BCUT2D eigenvalue weighted by Crippen LogP contribution is 2.56. The normalized spacial score (nSPS) is 17.3. The molecule has 0 radical (unpaired) electrons. The molecule has 0 spiro atoms. The number of benzene rings is 1. The molecule has 1 aliphatic carbocycles. The summed E-state index contributed by atoms with van der Waals surface area (Å²) < 4.78 is 79.9. The zero-order chi connectivity index (χ0) is 26.8. The standard InChI is InChI=1S/C24H18F5N7O2/c1-37-22-16(8-31-23(32-22)38-2)17-7-15(21-30-9-19(25)36(21)33-17)14-6-13(14)11-3-4-12-18(5-11)35(34-20(12)26)10-24(27,28)29/h3-5,7-9,13-14H,6,10H2,1-2H3/t13-,14?/m1/s1. The van der Waals surface area contributed by atoms with Crippen molar-refractivity contribution in [3.05, 3.63) is 59.7 Å². The number of nitrogens with zero attached hydrogens (tertiary/aromatic N) is 7. The van der Waals surface area contributed by atoms with E-state index in [0.29, 0.717) is 39.1 Å². The van der Waals surface area contributed by atoms with Gasteiger partial charge in [-0.15, -0.1) is 5.10 Å². The predicted octanol–water partition coefficient (Wildman–Crippen LogP) is 4.66. The Labute approximate surface area is 210 Å². The minimum atomic E-state index is -4.56. The summed E-state index contributed by atoms with van der Waals surface area (Å²) in [5.41, 5.74) is 2.47. The highest BCUT2D eigenvalue weighted by molar-refractivity contribution is 5.80. The van der Waals surface area contributed by atoms with Crippen molar-refractivity contribution in [1.82, 2.24) is 34.3 Å². The van der Waals surface area contributed by atoms with Crippen LogP contribution in [-0.4, -0.2) is 54.7 Å². The van der Waals surface area contributed by atoms with E-state index in [4.69, 9.17) is 9.47 Å². The number of halogens is 5. The van der Waals surface area contributed by atoms with Gasteiger partial charge in [0.1, 0.15) is 6.54 Å². The van der Waals surface area contributed by atoms with Crippen molar-refractivity contribution in [2.24, 2.45) is 0 Å². The number of hydrogen-bond acceptors (Lipinski definition) is 7. The van der Waals surface area contributed by atoms with Gasteiger partial charge in [0.2, 0.25) is 17.8 Å². The Kier molecular flexibility index (Phi) is 5.43. The zero-order valence-electron chi connectivity index (χ0n) is 19.9. The number of aromatic nitrogens is 7. The molecule has 4 heterocycles. The molecule has 38 heavy (non-hydrogen) atoms. The van der Waals surface area contributed by atoms with Gasteiger partial charge in [0.15, 0.2) is 5.65 Å². The first-order valence-electron chi connectivity index (χ1n) is 11.4. The second-order valence-corrected chi connectivity index (χ2v) is 8.87. The third kappa shape index (κ3) is 4.05. The molecular formula is C24H18F5N7O2. The van der Waals surface area contributed by atoms with Crippen LogP contribution in [0.25, 0.3) is 27.8 Å². The van der Waals surface area contributed by atoms with Gasteiger partial charge in [0.05, 0.1) is 42.6 Å². The summed E-state index contributed by atoms with van der Waals surface area (Å²) in [5, 5.41) is 7.78. The van der Waals surface area contributed by atoms with E-state index < -0.39 is 24.6 Å². The van der Waals surface area contributed by atoms with E-state index in [2.05, 4.69) is 25.1 Å². The Balaban J connectivity index is 1.41. The molecule has 0 aliphatic heterocycles. The number of methoxy groups -OCH3 is 2. The highest BCUT2D eigenvalue weighted by atomic mass is 19.4. The van der Waals surface area contributed by atoms with E-state index in [1.54, 1.807) is 12.1 Å². The number of rotatable bonds is 6. The van der Waals surface area contributed by atoms with Gasteiger partial charge < -0.3 is 9.47 Å². The fraction of sp³-hybridized carbons (Fsp3) is 0.292. The summed E-state index contributed by atoms with van der Waals surface area (Å²) in [5.74, 6) is -1.74. The molecule has 0 saturated heterocycles. The Morgan fingerprint density at radius 2 is 1.82 bits per heavy atom. The van der Waals surface area contributed by atoms with Crippen LogP contribution in [0.1, 0.15) is 29.4 Å². The van der Waals surface area contributed by atoms with Gasteiger partial charge in [-0.2, -0.15) is 36.6 Å². The predicted molar refractivity (Wildman–Crippen MR) is 123 cm³/mol. The summed E-state index contributed by atoms with van der Waals surface area (Å²) in [6.07, 6.45) is -1.43. The van der Waals surface area contributed by atoms with Gasteiger partial charge in [0.25, 0.3) is 0 Å². The maximum atomic E-state index is 14.6. The largest absolute Gasteiger partial charge is 0.480 e. The van der Waals surface area contributed by atoms with E-state index in [1.807, 2.05) is 0 Å². The van der Waals surface area contributed by atoms with Crippen LogP contribution in [0.5, 0.6) is 11.9 Å². The van der Waals surface area contributed by atoms with Gasteiger partial charge in [0, 0.05) is 11.8 Å². The fourth-order valence-electron chi connectivity index (χ4n) is 4.73. The number of fused-ring (bicyclic) bond motifs is 2. The van der Waals surface area contributed by atoms with Crippen molar-refractivity contribution < 1.29 is 31.4 Å². The lowest BCUT2D eigenvalue weighted by Gasteiger charge is -2.11. The zero-order valence-corrected chi connectivity index (χ0v) is 19.9. The van der Waals surface area contributed by atoms with Crippen molar-refractivity contribution in [2.45, 2.75) is 31.0 Å². The molecular weight excluding hydrogens is 513 g/mol. The van der Waals surface area contributed by atoms with E-state index >= 15 is 0 Å². The summed E-state index contributed by atoms with van der Waals surface area (Å²) >= 11 is 0. The summed E-state index contributed by atoms with van der Waals surface area (Å²) in [6, 6.07) is 6.44. The quantitative estimate of drug-likeness (QED) is 0.294. The van der Waals surface area contributed by atoms with E-state index in [-0.39, 0.29) is 34.6 Å². The van der Waals surface area contributed by atoms with Crippen molar-refractivity contribution in [3.63, 3.8) is 0 Å². The smallest absolute Gasteiger partial charge is 0.408 e. The fourth-order valence-corrected chi connectivity index (χ4v) is 4.73. The van der Waals surface area contributed by atoms with Gasteiger partial charge >= 0.3 is 12.2 Å². The van der Waals surface area contributed by atoms with Gasteiger partial charge in [-0.25, -0.2) is 9.97 Å². The maximum absolute atomic E-state index is 14.6. The molecule has 4 aromatic heterocycles. The molecule has 196 valence electrons. The minimum Gasteiger partial charge on any atom is -0.480 e. The summed E-state index contributed by atoms with van der Waals surface area (Å²) in [6.45, 7) is -1.40. The van der Waals surface area contributed by atoms with E-state index in [1.165, 1.54) is 32.5 Å². The van der Waals surface area contributed by atoms with Crippen LogP contribution in [0.2, 0.25) is 0 Å². The summed E-state index contributed by atoms with van der Waals surface area (Å²) in [7, 11) is 2.83. The number of ether oxygens (including phenoxy) is 2. The lowest BCUT2D eigenvalue weighted by molar-refractivity contribution is -0.142. The van der Waals surface area contributed by atoms with Crippen LogP contribution in [-0.2, 0) is 6.54 Å². The molecule has 0 N–H and O–H groups in total. The van der Waals surface area contributed by atoms with Crippen molar-refractivity contribution in [2.75, 3.05) is 14.2 Å². The number of imidazole rings is 1. The SMILES string of the molecule is COc1ncc(-c2cc(C3C[C@@H]3c3ccc4c(F)nn(CC(F)(F)F)c4c3)c3ncc(F)n3n2)c(OC)n1. The molecule has 0 amide bonds. The number of alkyl halides is 3. The third-order valence-electron chi connectivity index (χ3n) is 6.52. The Bertz CT molecular complexity index is 1700. The van der Waals surface area contributed by atoms with Crippen LogP contribution in [0.15, 0.2) is 36.7 Å². The first kappa shape index (κ1) is 24.0. The topological polar surface area (TPSA) is 92.3 Å². The first-order valence-corrected chi connectivity index (χ1v) is 11.4. The molecule has 9 nitrogen and oxygen atoms in total. The molecule has 1 fully saturated rings. The highest BCUT2D eigenvalue weighted by Gasteiger charge is 2.42. The van der Waals surface area contributed by atoms with E-state index in [0.717, 1.165) is 10.7 Å². The molecule has 1 aromatic carbocycles. The molecule has 1 unspecified atom stereocenters. The average molecular weight is 531 g/mol. The second-order valence-electron chi connectivity index (χ2n) is 8.87. The molecule has 14 heteroatoms. The van der Waals surface area contributed by atoms with Gasteiger partial charge in [-0.05, 0) is 42.0 Å². The molecule has 1 saturated carbocycles. The summed E-state index contributed by atoms with van der Waals surface area (Å²) in [4.78, 5) is 12.4. The van der Waals surface area contributed by atoms with Crippen molar-refractivity contribution in [3.8, 4) is 23.1 Å². The molecule has 0 bridgehead atoms. The van der Waals surface area contributed by atoms with Crippen LogP contribution in [0.4, 0.5) is 22.0 Å². The average Bonchev–Trinajstić information content (AvgIpc) is 3.53. The first-order chi connectivity index (χ1) is 18.2. The molecule has 5 aromatic rings. The van der Waals surface area contributed by atoms with Crippen molar-refractivity contribution >= 4 is 16.6 Å². The lowest BCUT2D eigenvalue weighted by Crippen LogP contribution is -2.18. The third-order valence-corrected chi connectivity index (χ3v) is 6.52. The van der Waals surface area contributed by atoms with Gasteiger partial charge in [-0.3, -0.25) is 4.68 Å². The van der Waals surface area contributed by atoms with Gasteiger partial charge in [-0.1, -0.05) is 6.07 Å². The Morgan fingerprint density at radius 3 is 2.55 bits per heavy atom. The van der Waals surface area contributed by atoms with Crippen LogP contribution < -0.4 is 9.47 Å². The maximum Gasteiger partial charge on any atom is 0.408 e. The number of hydrogen-bond donors (Lipinski definition) is 0. The van der Waals surface area contributed by atoms with Crippen LogP contribution in [0, 0.1) is 11.9 Å². The molecule has 2 atom stereocenters. The van der Waals surface area contributed by atoms with Crippen LogP contribution >= 0.6 is 0 Å². The molecule has 6 rings (SSSR count).